The fraction of sp³-hybridized carbons (Fsp3) is 0.182. The highest BCUT2D eigenvalue weighted by Crippen LogP contribution is 2.04. The van der Waals surface area contributed by atoms with Gasteiger partial charge in [0.1, 0.15) is 6.29 Å². The van der Waals surface area contributed by atoms with Crippen LogP contribution >= 0.6 is 0 Å². The lowest BCUT2D eigenvalue weighted by Gasteiger charge is -1.92. The minimum atomic E-state index is 0.726. The highest BCUT2D eigenvalue weighted by molar-refractivity contribution is 5.75. The average molecular weight is 160 g/mol. The molecule has 1 rings (SSSR count). The Labute approximate surface area is 72.7 Å². The molecule has 1 aromatic carbocycles. The summed E-state index contributed by atoms with van der Waals surface area (Å²) in [4.78, 5) is 10.3. The molecular weight excluding hydrogens is 148 g/mol. The first-order valence-electron chi connectivity index (χ1n) is 4.08. The summed E-state index contributed by atoms with van der Waals surface area (Å²) in [5.41, 5.74) is 1.87. The molecule has 0 heterocycles. The Hall–Kier alpha value is -1.37. The van der Waals surface area contributed by atoms with Crippen molar-refractivity contribution in [3.05, 3.63) is 41.5 Å². The van der Waals surface area contributed by atoms with Crippen LogP contribution in [0.5, 0.6) is 0 Å². The predicted octanol–water partition coefficient (Wildman–Crippen LogP) is 2.92. The van der Waals surface area contributed by atoms with Gasteiger partial charge in [0.15, 0.2) is 0 Å². The second-order valence-electron chi connectivity index (χ2n) is 2.60. The van der Waals surface area contributed by atoms with Crippen LogP contribution in [0.25, 0.3) is 6.08 Å². The fourth-order valence-electron chi connectivity index (χ4n) is 0.940. The second-order valence-corrected chi connectivity index (χ2v) is 2.60. The normalized spacial score (nSPS) is 10.4. The smallest absolute Gasteiger partial charge is 0.150 e. The third kappa shape index (κ3) is 2.35. The van der Waals surface area contributed by atoms with Gasteiger partial charge in [-0.25, -0.2) is 0 Å². The van der Waals surface area contributed by atoms with Crippen LogP contribution in [0.3, 0.4) is 0 Å². The molecule has 0 bridgehead atoms. The number of allylic oxidation sites excluding steroid dienone is 1. The number of rotatable bonds is 3. The van der Waals surface area contributed by atoms with E-state index in [0.717, 1.165) is 23.8 Å². The van der Waals surface area contributed by atoms with Gasteiger partial charge in [-0.15, -0.1) is 0 Å². The molecule has 0 unspecified atom stereocenters. The molecule has 0 N–H and O–H groups in total. The summed E-state index contributed by atoms with van der Waals surface area (Å²) in [6.07, 6.45) is 6.03. The van der Waals surface area contributed by atoms with Crippen molar-refractivity contribution in [2.75, 3.05) is 0 Å². The van der Waals surface area contributed by atoms with Crippen LogP contribution < -0.4 is 0 Å². The van der Waals surface area contributed by atoms with Crippen molar-refractivity contribution in [2.24, 2.45) is 0 Å². The zero-order valence-electron chi connectivity index (χ0n) is 7.16. The Morgan fingerprint density at radius 2 is 1.75 bits per heavy atom. The quantitative estimate of drug-likeness (QED) is 0.621. The highest BCUT2D eigenvalue weighted by Gasteiger charge is 1.87. The molecule has 1 heteroatoms. The summed E-state index contributed by atoms with van der Waals surface area (Å²) in [6.45, 7) is 2.09. The SMILES string of the molecule is CC/C=C/c1ccc(C=O)cc1. The Morgan fingerprint density at radius 3 is 2.25 bits per heavy atom. The van der Waals surface area contributed by atoms with E-state index in [1.165, 1.54) is 0 Å². The second kappa shape index (κ2) is 4.50. The molecule has 0 radical (unpaired) electrons. The molecule has 0 saturated carbocycles. The first-order valence-corrected chi connectivity index (χ1v) is 4.08. The van der Waals surface area contributed by atoms with Gasteiger partial charge in [0.2, 0.25) is 0 Å². The van der Waals surface area contributed by atoms with Gasteiger partial charge in [-0.1, -0.05) is 43.3 Å². The van der Waals surface area contributed by atoms with Gasteiger partial charge < -0.3 is 0 Å². The highest BCUT2D eigenvalue weighted by atomic mass is 16.1. The molecule has 0 aliphatic rings. The molecule has 0 aliphatic carbocycles. The Balaban J connectivity index is 2.77. The fourth-order valence-corrected chi connectivity index (χ4v) is 0.940. The number of hydrogen-bond acceptors (Lipinski definition) is 1. The van der Waals surface area contributed by atoms with Gasteiger partial charge in [0, 0.05) is 5.56 Å². The average Bonchev–Trinajstić information content (AvgIpc) is 2.15. The van der Waals surface area contributed by atoms with Crippen molar-refractivity contribution in [3.63, 3.8) is 0 Å². The van der Waals surface area contributed by atoms with E-state index >= 15 is 0 Å². The van der Waals surface area contributed by atoms with E-state index in [1.54, 1.807) is 0 Å². The lowest BCUT2D eigenvalue weighted by molar-refractivity contribution is 0.112. The van der Waals surface area contributed by atoms with Crippen LogP contribution in [0.2, 0.25) is 0 Å². The van der Waals surface area contributed by atoms with E-state index in [0.29, 0.717) is 0 Å². The molecule has 12 heavy (non-hydrogen) atoms. The lowest BCUT2D eigenvalue weighted by Crippen LogP contribution is -1.78. The number of carbonyl (C=O) groups is 1. The number of aldehydes is 1. The third-order valence-corrected chi connectivity index (χ3v) is 1.62. The lowest BCUT2D eigenvalue weighted by atomic mass is 10.1. The molecule has 0 aliphatic heterocycles. The van der Waals surface area contributed by atoms with Gasteiger partial charge in [-0.05, 0) is 12.0 Å². The van der Waals surface area contributed by atoms with Gasteiger partial charge in [0.25, 0.3) is 0 Å². The summed E-state index contributed by atoms with van der Waals surface area (Å²) in [5, 5.41) is 0. The number of hydrogen-bond donors (Lipinski definition) is 0. The van der Waals surface area contributed by atoms with Crippen molar-refractivity contribution in [1.82, 2.24) is 0 Å². The molecular formula is C11H12O. The predicted molar refractivity (Wildman–Crippen MR) is 51.2 cm³/mol. The molecule has 0 fully saturated rings. The molecule has 62 valence electrons. The zero-order valence-corrected chi connectivity index (χ0v) is 7.16. The molecule has 0 saturated heterocycles. The van der Waals surface area contributed by atoms with Crippen LogP contribution in [0.4, 0.5) is 0 Å². The van der Waals surface area contributed by atoms with E-state index < -0.39 is 0 Å². The van der Waals surface area contributed by atoms with Crippen molar-refractivity contribution in [2.45, 2.75) is 13.3 Å². The van der Waals surface area contributed by atoms with Gasteiger partial charge in [-0.2, -0.15) is 0 Å². The summed E-state index contributed by atoms with van der Waals surface area (Å²) >= 11 is 0. The summed E-state index contributed by atoms with van der Waals surface area (Å²) in [6, 6.07) is 7.52. The maximum absolute atomic E-state index is 10.3. The summed E-state index contributed by atoms with van der Waals surface area (Å²) in [7, 11) is 0. The van der Waals surface area contributed by atoms with Crippen molar-refractivity contribution < 1.29 is 4.79 Å². The van der Waals surface area contributed by atoms with Crippen molar-refractivity contribution in [3.8, 4) is 0 Å². The molecule has 0 atom stereocenters. The van der Waals surface area contributed by atoms with Crippen molar-refractivity contribution >= 4 is 12.4 Å². The Kier molecular flexibility index (Phi) is 3.27. The molecule has 0 amide bonds. The number of carbonyl (C=O) groups excluding carboxylic acids is 1. The summed E-state index contributed by atoms with van der Waals surface area (Å²) in [5.74, 6) is 0. The molecule has 1 aromatic rings. The minimum Gasteiger partial charge on any atom is -0.298 e. The van der Waals surface area contributed by atoms with Crippen LogP contribution in [-0.2, 0) is 0 Å². The topological polar surface area (TPSA) is 17.1 Å². The molecule has 0 aromatic heterocycles. The van der Waals surface area contributed by atoms with E-state index in [9.17, 15) is 4.79 Å². The first kappa shape index (κ1) is 8.72. The maximum Gasteiger partial charge on any atom is 0.150 e. The van der Waals surface area contributed by atoms with Crippen LogP contribution in [-0.4, -0.2) is 6.29 Å². The van der Waals surface area contributed by atoms with Gasteiger partial charge >= 0.3 is 0 Å². The van der Waals surface area contributed by atoms with E-state index in [-0.39, 0.29) is 0 Å². The minimum absolute atomic E-state index is 0.726. The van der Waals surface area contributed by atoms with Gasteiger partial charge in [0.05, 0.1) is 0 Å². The Bertz CT molecular complexity index is 270. The Morgan fingerprint density at radius 1 is 1.17 bits per heavy atom. The third-order valence-electron chi connectivity index (χ3n) is 1.62. The van der Waals surface area contributed by atoms with E-state index in [2.05, 4.69) is 19.1 Å². The van der Waals surface area contributed by atoms with E-state index in [1.807, 2.05) is 24.3 Å². The molecule has 1 nitrogen and oxygen atoms in total. The summed E-state index contributed by atoms with van der Waals surface area (Å²) < 4.78 is 0. The van der Waals surface area contributed by atoms with Crippen LogP contribution in [0.15, 0.2) is 30.3 Å². The first-order chi connectivity index (χ1) is 5.86. The van der Waals surface area contributed by atoms with Gasteiger partial charge in [-0.3, -0.25) is 4.79 Å². The number of benzene rings is 1. The standard InChI is InChI=1S/C11H12O/c1-2-3-4-10-5-7-11(9-12)8-6-10/h3-9H,2H2,1H3/b4-3+. The van der Waals surface area contributed by atoms with Crippen LogP contribution in [0, 0.1) is 0 Å². The maximum atomic E-state index is 10.3. The van der Waals surface area contributed by atoms with Crippen molar-refractivity contribution in [1.29, 1.82) is 0 Å². The largest absolute Gasteiger partial charge is 0.298 e. The molecule has 0 spiro atoms. The van der Waals surface area contributed by atoms with Crippen LogP contribution in [0.1, 0.15) is 29.3 Å². The zero-order chi connectivity index (χ0) is 8.81. The monoisotopic (exact) mass is 160 g/mol. The van der Waals surface area contributed by atoms with E-state index in [4.69, 9.17) is 0 Å².